The van der Waals surface area contributed by atoms with Gasteiger partial charge in [-0.1, -0.05) is 72.1 Å². The minimum atomic E-state index is 0.800. The van der Waals surface area contributed by atoms with E-state index >= 15 is 0 Å². The van der Waals surface area contributed by atoms with Gasteiger partial charge in [-0.25, -0.2) is 0 Å². The van der Waals surface area contributed by atoms with Crippen molar-refractivity contribution >= 4 is 0 Å². The predicted octanol–water partition coefficient (Wildman–Crippen LogP) is 5.15. The summed E-state index contributed by atoms with van der Waals surface area (Å²) in [5.74, 6) is 1.80. The fourth-order valence-corrected chi connectivity index (χ4v) is 3.24. The number of hydrogen-bond donors (Lipinski definition) is 1. The van der Waals surface area contributed by atoms with E-state index in [1.54, 1.807) is 0 Å². The molecular weight excluding hydrogens is 218 g/mol. The monoisotopic (exact) mass is 253 g/mol. The summed E-state index contributed by atoms with van der Waals surface area (Å²) in [7, 11) is 0. The van der Waals surface area contributed by atoms with Gasteiger partial charge in [0.1, 0.15) is 0 Å². The van der Waals surface area contributed by atoms with E-state index in [1.165, 1.54) is 70.8 Å². The highest BCUT2D eigenvalue weighted by Gasteiger charge is 2.25. The molecule has 1 N–H and O–H groups in total. The van der Waals surface area contributed by atoms with E-state index < -0.39 is 0 Å². The molecule has 0 saturated heterocycles. The molecule has 108 valence electrons. The van der Waals surface area contributed by atoms with Crippen molar-refractivity contribution in [3.63, 3.8) is 0 Å². The van der Waals surface area contributed by atoms with E-state index in [0.29, 0.717) is 0 Å². The van der Waals surface area contributed by atoms with E-state index in [1.807, 2.05) is 0 Å². The molecule has 0 aromatic heterocycles. The second-order valence-electron chi connectivity index (χ2n) is 6.45. The van der Waals surface area contributed by atoms with Crippen LogP contribution in [-0.2, 0) is 0 Å². The van der Waals surface area contributed by atoms with Crippen molar-refractivity contribution < 1.29 is 0 Å². The Bertz CT molecular complexity index is 190. The Morgan fingerprint density at radius 2 is 1.56 bits per heavy atom. The topological polar surface area (TPSA) is 12.0 Å². The summed E-state index contributed by atoms with van der Waals surface area (Å²) < 4.78 is 0. The Kier molecular flexibility index (Phi) is 8.75. The van der Waals surface area contributed by atoms with Crippen LogP contribution in [0.25, 0.3) is 0 Å². The fraction of sp³-hybridized carbons (Fsp3) is 1.00. The van der Waals surface area contributed by atoms with Gasteiger partial charge in [0.25, 0.3) is 0 Å². The van der Waals surface area contributed by atoms with Gasteiger partial charge in [0.2, 0.25) is 0 Å². The van der Waals surface area contributed by atoms with Crippen LogP contribution >= 0.6 is 0 Å². The van der Waals surface area contributed by atoms with Crippen molar-refractivity contribution in [3.8, 4) is 0 Å². The van der Waals surface area contributed by atoms with Crippen molar-refractivity contribution in [2.24, 2.45) is 11.8 Å². The van der Waals surface area contributed by atoms with Gasteiger partial charge in [-0.05, 0) is 31.2 Å². The quantitative estimate of drug-likeness (QED) is 0.560. The summed E-state index contributed by atoms with van der Waals surface area (Å²) >= 11 is 0. The Balaban J connectivity index is 1.94. The van der Waals surface area contributed by atoms with Crippen LogP contribution in [-0.4, -0.2) is 12.6 Å². The smallest absolute Gasteiger partial charge is 0.00952 e. The molecule has 18 heavy (non-hydrogen) atoms. The Labute approximate surface area is 115 Å². The number of unbranched alkanes of at least 4 members (excludes halogenated alkanes) is 6. The zero-order chi connectivity index (χ0) is 13.2. The first-order chi connectivity index (χ1) is 8.75. The van der Waals surface area contributed by atoms with Gasteiger partial charge in [0, 0.05) is 6.04 Å². The molecule has 0 radical (unpaired) electrons. The standard InChI is InChI=1S/C17H35N/c1-4-5-6-7-8-9-10-14-18-17-13-11-12-15(2)16(17)3/h15-18H,4-14H2,1-3H3. The van der Waals surface area contributed by atoms with Crippen LogP contribution in [0.15, 0.2) is 0 Å². The zero-order valence-electron chi connectivity index (χ0n) is 13.0. The molecule has 0 aromatic rings. The molecule has 0 aromatic carbocycles. The van der Waals surface area contributed by atoms with Crippen molar-refractivity contribution in [1.29, 1.82) is 0 Å². The van der Waals surface area contributed by atoms with Gasteiger partial charge in [0.05, 0.1) is 0 Å². The van der Waals surface area contributed by atoms with Crippen LogP contribution < -0.4 is 5.32 Å². The highest BCUT2D eigenvalue weighted by molar-refractivity contribution is 4.81. The largest absolute Gasteiger partial charge is 0.314 e. The van der Waals surface area contributed by atoms with E-state index in [2.05, 4.69) is 26.1 Å². The maximum atomic E-state index is 3.80. The maximum absolute atomic E-state index is 3.80. The minimum Gasteiger partial charge on any atom is -0.314 e. The van der Waals surface area contributed by atoms with Crippen LogP contribution in [0.3, 0.4) is 0 Å². The second-order valence-corrected chi connectivity index (χ2v) is 6.45. The average Bonchev–Trinajstić information content (AvgIpc) is 2.37. The first-order valence-electron chi connectivity index (χ1n) is 8.49. The van der Waals surface area contributed by atoms with E-state index in [4.69, 9.17) is 0 Å². The van der Waals surface area contributed by atoms with Gasteiger partial charge in [-0.15, -0.1) is 0 Å². The number of rotatable bonds is 9. The summed E-state index contributed by atoms with van der Waals surface area (Å²) in [6, 6.07) is 0.800. The van der Waals surface area contributed by atoms with Crippen LogP contribution in [0, 0.1) is 11.8 Å². The lowest BCUT2D eigenvalue weighted by Gasteiger charge is -2.34. The van der Waals surface area contributed by atoms with Gasteiger partial charge in [-0.2, -0.15) is 0 Å². The first kappa shape index (κ1) is 16.0. The highest BCUT2D eigenvalue weighted by atomic mass is 14.9. The van der Waals surface area contributed by atoms with Crippen LogP contribution in [0.5, 0.6) is 0 Å². The normalized spacial score (nSPS) is 28.5. The van der Waals surface area contributed by atoms with Crippen LogP contribution in [0.2, 0.25) is 0 Å². The molecular formula is C17H35N. The lowest BCUT2D eigenvalue weighted by atomic mass is 9.78. The average molecular weight is 253 g/mol. The van der Waals surface area contributed by atoms with E-state index in [0.717, 1.165) is 17.9 Å². The Morgan fingerprint density at radius 1 is 0.889 bits per heavy atom. The summed E-state index contributed by atoms with van der Waals surface area (Å²) in [5.41, 5.74) is 0. The molecule has 0 heterocycles. The van der Waals surface area contributed by atoms with Crippen LogP contribution in [0.1, 0.15) is 85.0 Å². The molecule has 0 spiro atoms. The molecule has 1 aliphatic rings. The number of nitrogens with one attached hydrogen (secondary N) is 1. The van der Waals surface area contributed by atoms with Crippen LogP contribution in [0.4, 0.5) is 0 Å². The van der Waals surface area contributed by atoms with Crippen molar-refractivity contribution in [1.82, 2.24) is 5.32 Å². The first-order valence-corrected chi connectivity index (χ1v) is 8.49. The fourth-order valence-electron chi connectivity index (χ4n) is 3.24. The molecule has 0 bridgehead atoms. The lowest BCUT2D eigenvalue weighted by molar-refractivity contribution is 0.206. The summed E-state index contributed by atoms with van der Waals surface area (Å²) in [4.78, 5) is 0. The Hall–Kier alpha value is -0.0400. The second kappa shape index (κ2) is 9.83. The molecule has 1 aliphatic carbocycles. The third kappa shape index (κ3) is 6.22. The molecule has 1 saturated carbocycles. The van der Waals surface area contributed by atoms with Gasteiger partial charge < -0.3 is 5.32 Å². The SMILES string of the molecule is CCCCCCCCCNC1CCCC(C)C1C. The van der Waals surface area contributed by atoms with E-state index in [9.17, 15) is 0 Å². The summed E-state index contributed by atoms with van der Waals surface area (Å²) in [5, 5.41) is 3.80. The molecule has 0 aliphatic heterocycles. The third-order valence-electron chi connectivity index (χ3n) is 4.89. The minimum absolute atomic E-state index is 0.800. The van der Waals surface area contributed by atoms with Crippen molar-refractivity contribution in [2.75, 3.05) is 6.54 Å². The van der Waals surface area contributed by atoms with E-state index in [-0.39, 0.29) is 0 Å². The highest BCUT2D eigenvalue weighted by Crippen LogP contribution is 2.29. The third-order valence-corrected chi connectivity index (χ3v) is 4.89. The predicted molar refractivity (Wildman–Crippen MR) is 82.0 cm³/mol. The molecule has 1 heteroatoms. The van der Waals surface area contributed by atoms with Gasteiger partial charge >= 0.3 is 0 Å². The summed E-state index contributed by atoms with van der Waals surface area (Å²) in [6.07, 6.45) is 14.2. The molecule has 0 amide bonds. The zero-order valence-corrected chi connectivity index (χ0v) is 13.0. The maximum Gasteiger partial charge on any atom is 0.00952 e. The molecule has 1 rings (SSSR count). The van der Waals surface area contributed by atoms with Crippen molar-refractivity contribution in [3.05, 3.63) is 0 Å². The molecule has 3 unspecified atom stereocenters. The number of hydrogen-bond acceptors (Lipinski definition) is 1. The van der Waals surface area contributed by atoms with Crippen molar-refractivity contribution in [2.45, 2.75) is 91.0 Å². The van der Waals surface area contributed by atoms with Gasteiger partial charge in [0.15, 0.2) is 0 Å². The summed E-state index contributed by atoms with van der Waals surface area (Å²) in [6.45, 7) is 8.39. The van der Waals surface area contributed by atoms with Gasteiger partial charge in [-0.3, -0.25) is 0 Å². The lowest BCUT2D eigenvalue weighted by Crippen LogP contribution is -2.40. The molecule has 3 atom stereocenters. The molecule has 1 nitrogen and oxygen atoms in total. The Morgan fingerprint density at radius 3 is 2.28 bits per heavy atom. The molecule has 1 fully saturated rings.